The SMILES string of the molecule is CC(=O)Nc1ccc(C(=O)OCCCC(=O)c2cccs2)cc1. The number of anilines is 1. The molecule has 0 aliphatic carbocycles. The minimum atomic E-state index is -0.442. The molecule has 1 heterocycles. The van der Waals surface area contributed by atoms with Gasteiger partial charge in [0.25, 0.3) is 0 Å². The Labute approximate surface area is 138 Å². The number of ketones is 1. The van der Waals surface area contributed by atoms with Gasteiger partial charge in [-0.25, -0.2) is 4.79 Å². The number of esters is 1. The van der Waals surface area contributed by atoms with Gasteiger partial charge >= 0.3 is 5.97 Å². The molecule has 23 heavy (non-hydrogen) atoms. The second-order valence-electron chi connectivity index (χ2n) is 4.90. The Balaban J connectivity index is 1.74. The van der Waals surface area contributed by atoms with Gasteiger partial charge < -0.3 is 10.1 Å². The standard InChI is InChI=1S/C17H17NO4S/c1-12(19)18-14-8-6-13(7-9-14)17(21)22-10-2-4-15(20)16-5-3-11-23-16/h3,5-9,11H,2,4,10H2,1H3,(H,18,19). The lowest BCUT2D eigenvalue weighted by Gasteiger charge is -2.06. The first-order valence-corrected chi connectivity index (χ1v) is 8.05. The van der Waals surface area contributed by atoms with E-state index in [1.54, 1.807) is 30.3 Å². The minimum Gasteiger partial charge on any atom is -0.462 e. The summed E-state index contributed by atoms with van der Waals surface area (Å²) in [5, 5.41) is 4.48. The van der Waals surface area contributed by atoms with E-state index in [0.717, 1.165) is 4.88 Å². The Morgan fingerprint density at radius 1 is 1.13 bits per heavy atom. The zero-order valence-electron chi connectivity index (χ0n) is 12.7. The molecule has 1 N–H and O–H groups in total. The van der Waals surface area contributed by atoms with Crippen LogP contribution in [-0.4, -0.2) is 24.3 Å². The quantitative estimate of drug-likeness (QED) is 0.478. The van der Waals surface area contributed by atoms with E-state index in [9.17, 15) is 14.4 Å². The number of thiophene rings is 1. The molecule has 0 radical (unpaired) electrons. The molecule has 2 aromatic rings. The maximum absolute atomic E-state index is 11.9. The number of Topliss-reactive ketones (excluding diaryl/α,β-unsaturated/α-hetero) is 1. The molecule has 2 rings (SSSR count). The van der Waals surface area contributed by atoms with Crippen molar-refractivity contribution < 1.29 is 19.1 Å². The third-order valence-electron chi connectivity index (χ3n) is 3.02. The molecular weight excluding hydrogens is 314 g/mol. The predicted octanol–water partition coefficient (Wildman–Crippen LogP) is 3.53. The van der Waals surface area contributed by atoms with Gasteiger partial charge in [-0.3, -0.25) is 9.59 Å². The van der Waals surface area contributed by atoms with Crippen LogP contribution >= 0.6 is 11.3 Å². The van der Waals surface area contributed by atoms with E-state index in [0.29, 0.717) is 24.1 Å². The highest BCUT2D eigenvalue weighted by molar-refractivity contribution is 7.12. The van der Waals surface area contributed by atoms with E-state index in [1.165, 1.54) is 18.3 Å². The Hall–Kier alpha value is -2.47. The fourth-order valence-corrected chi connectivity index (χ4v) is 2.63. The molecule has 120 valence electrons. The van der Waals surface area contributed by atoms with Crippen LogP contribution in [0.4, 0.5) is 5.69 Å². The van der Waals surface area contributed by atoms with Crippen molar-refractivity contribution in [3.05, 3.63) is 52.2 Å². The highest BCUT2D eigenvalue weighted by atomic mass is 32.1. The van der Waals surface area contributed by atoms with Crippen LogP contribution in [0.25, 0.3) is 0 Å². The van der Waals surface area contributed by atoms with Crippen molar-refractivity contribution in [2.24, 2.45) is 0 Å². The monoisotopic (exact) mass is 331 g/mol. The molecular formula is C17H17NO4S. The molecule has 0 saturated heterocycles. The zero-order chi connectivity index (χ0) is 16.7. The van der Waals surface area contributed by atoms with Crippen molar-refractivity contribution in [1.29, 1.82) is 0 Å². The molecule has 0 aliphatic rings. The molecule has 1 aromatic heterocycles. The van der Waals surface area contributed by atoms with Crippen molar-refractivity contribution in [1.82, 2.24) is 0 Å². The number of benzene rings is 1. The van der Waals surface area contributed by atoms with Crippen LogP contribution in [-0.2, 0) is 9.53 Å². The first kappa shape index (κ1) is 16.9. The molecule has 0 atom stereocenters. The maximum Gasteiger partial charge on any atom is 0.338 e. The molecule has 0 saturated carbocycles. The fraction of sp³-hybridized carbons (Fsp3) is 0.235. The lowest BCUT2D eigenvalue weighted by molar-refractivity contribution is -0.114. The van der Waals surface area contributed by atoms with E-state index in [1.807, 2.05) is 11.4 Å². The lowest BCUT2D eigenvalue weighted by atomic mass is 10.2. The van der Waals surface area contributed by atoms with Crippen molar-refractivity contribution in [2.75, 3.05) is 11.9 Å². The summed E-state index contributed by atoms with van der Waals surface area (Å²) in [6.07, 6.45) is 0.849. The van der Waals surface area contributed by atoms with Crippen molar-refractivity contribution in [3.63, 3.8) is 0 Å². The van der Waals surface area contributed by atoms with Crippen molar-refractivity contribution in [2.45, 2.75) is 19.8 Å². The van der Waals surface area contributed by atoms with Crippen LogP contribution in [0.1, 0.15) is 39.8 Å². The smallest absolute Gasteiger partial charge is 0.338 e. The number of ether oxygens (including phenoxy) is 1. The van der Waals surface area contributed by atoms with Gasteiger partial charge in [0.05, 0.1) is 17.0 Å². The van der Waals surface area contributed by atoms with Gasteiger partial charge in [-0.2, -0.15) is 0 Å². The van der Waals surface area contributed by atoms with E-state index in [4.69, 9.17) is 4.74 Å². The van der Waals surface area contributed by atoms with E-state index >= 15 is 0 Å². The second-order valence-corrected chi connectivity index (χ2v) is 5.85. The Morgan fingerprint density at radius 2 is 1.87 bits per heavy atom. The number of nitrogens with one attached hydrogen (secondary N) is 1. The minimum absolute atomic E-state index is 0.0655. The van der Waals surface area contributed by atoms with Gasteiger partial charge in [-0.15, -0.1) is 11.3 Å². The molecule has 0 aliphatic heterocycles. The molecule has 5 nitrogen and oxygen atoms in total. The third-order valence-corrected chi connectivity index (χ3v) is 3.93. The van der Waals surface area contributed by atoms with E-state index in [2.05, 4.69) is 5.32 Å². The normalized spacial score (nSPS) is 10.1. The van der Waals surface area contributed by atoms with Crippen LogP contribution in [0, 0.1) is 0 Å². The Bertz CT molecular complexity index is 677. The molecule has 1 aromatic carbocycles. The molecule has 0 fully saturated rings. The van der Waals surface area contributed by atoms with Gasteiger partial charge in [0.2, 0.25) is 5.91 Å². The highest BCUT2D eigenvalue weighted by Crippen LogP contribution is 2.13. The van der Waals surface area contributed by atoms with Crippen LogP contribution in [0.5, 0.6) is 0 Å². The average molecular weight is 331 g/mol. The molecule has 0 bridgehead atoms. The number of amides is 1. The highest BCUT2D eigenvalue weighted by Gasteiger charge is 2.09. The molecule has 1 amide bonds. The van der Waals surface area contributed by atoms with E-state index < -0.39 is 5.97 Å². The number of carbonyl (C=O) groups is 3. The summed E-state index contributed by atoms with van der Waals surface area (Å²) in [5.41, 5.74) is 1.03. The first-order chi connectivity index (χ1) is 11.1. The van der Waals surface area contributed by atoms with Gasteiger partial charge in [0.15, 0.2) is 5.78 Å². The average Bonchev–Trinajstić information content (AvgIpc) is 3.05. The maximum atomic E-state index is 11.9. The largest absolute Gasteiger partial charge is 0.462 e. The summed E-state index contributed by atoms with van der Waals surface area (Å²) >= 11 is 1.41. The molecule has 0 spiro atoms. The van der Waals surface area contributed by atoms with Crippen LogP contribution in [0.15, 0.2) is 41.8 Å². The summed E-state index contributed by atoms with van der Waals surface area (Å²) in [6.45, 7) is 1.61. The topological polar surface area (TPSA) is 72.5 Å². The second kappa shape index (κ2) is 8.24. The summed E-state index contributed by atoms with van der Waals surface area (Å²) < 4.78 is 5.14. The van der Waals surface area contributed by atoms with E-state index in [-0.39, 0.29) is 18.3 Å². The van der Waals surface area contributed by atoms with Crippen LogP contribution in [0.3, 0.4) is 0 Å². The fourth-order valence-electron chi connectivity index (χ4n) is 1.93. The molecule has 6 heteroatoms. The summed E-state index contributed by atoms with van der Waals surface area (Å²) in [4.78, 5) is 35.3. The van der Waals surface area contributed by atoms with Crippen molar-refractivity contribution >= 4 is 34.7 Å². The number of carbonyl (C=O) groups excluding carboxylic acids is 3. The lowest BCUT2D eigenvalue weighted by Crippen LogP contribution is -2.09. The number of hydrogen-bond donors (Lipinski definition) is 1. The van der Waals surface area contributed by atoms with Crippen LogP contribution < -0.4 is 5.32 Å². The van der Waals surface area contributed by atoms with Gasteiger partial charge in [-0.05, 0) is 42.1 Å². The first-order valence-electron chi connectivity index (χ1n) is 7.18. The zero-order valence-corrected chi connectivity index (χ0v) is 13.5. The van der Waals surface area contributed by atoms with Gasteiger partial charge in [-0.1, -0.05) is 6.07 Å². The van der Waals surface area contributed by atoms with Crippen molar-refractivity contribution in [3.8, 4) is 0 Å². The number of hydrogen-bond acceptors (Lipinski definition) is 5. The summed E-state index contributed by atoms with van der Waals surface area (Å²) in [7, 11) is 0. The number of rotatable bonds is 7. The summed E-state index contributed by atoms with van der Waals surface area (Å²) in [6, 6.07) is 10.1. The van der Waals surface area contributed by atoms with Gasteiger partial charge in [0, 0.05) is 19.0 Å². The predicted molar refractivity (Wildman–Crippen MR) is 88.9 cm³/mol. The Morgan fingerprint density at radius 3 is 2.48 bits per heavy atom. The van der Waals surface area contributed by atoms with Crippen LogP contribution in [0.2, 0.25) is 0 Å². The third kappa shape index (κ3) is 5.34. The Kier molecular flexibility index (Phi) is 6.05. The molecule has 0 unspecified atom stereocenters. The summed E-state index contributed by atoms with van der Waals surface area (Å²) in [5.74, 6) is -0.547. The van der Waals surface area contributed by atoms with Gasteiger partial charge in [0.1, 0.15) is 0 Å².